The Morgan fingerprint density at radius 3 is 2.61 bits per heavy atom. The zero-order valence-corrected chi connectivity index (χ0v) is 14.3. The van der Waals surface area contributed by atoms with Gasteiger partial charge in [-0.15, -0.1) is 11.8 Å². The van der Waals surface area contributed by atoms with Crippen LogP contribution in [0.2, 0.25) is 0 Å². The van der Waals surface area contributed by atoms with Gasteiger partial charge in [-0.3, -0.25) is 10.1 Å². The summed E-state index contributed by atoms with van der Waals surface area (Å²) >= 11 is 1.23. The number of rotatable bonds is 6. The number of sulfonamides is 1. The first kappa shape index (κ1) is 17.4. The minimum Gasteiger partial charge on any atom is -0.361 e. The number of nitro benzene ring substituents is 1. The van der Waals surface area contributed by atoms with Crippen molar-refractivity contribution in [3.8, 4) is 0 Å². The molecule has 0 saturated heterocycles. The number of nitrogens with zero attached hydrogens (tertiary/aromatic N) is 2. The van der Waals surface area contributed by atoms with E-state index < -0.39 is 14.9 Å². The first-order valence-electron chi connectivity index (χ1n) is 6.53. The zero-order valence-electron chi connectivity index (χ0n) is 12.7. The number of aryl methyl sites for hydroxylation is 2. The van der Waals surface area contributed by atoms with Crippen molar-refractivity contribution < 1.29 is 17.9 Å². The highest BCUT2D eigenvalue weighted by atomic mass is 32.2. The van der Waals surface area contributed by atoms with Crippen molar-refractivity contribution in [2.24, 2.45) is 0 Å². The molecule has 0 fully saturated rings. The van der Waals surface area contributed by atoms with E-state index in [2.05, 4.69) is 9.88 Å². The molecule has 0 bridgehead atoms. The van der Waals surface area contributed by atoms with Crippen molar-refractivity contribution in [3.05, 3.63) is 45.3 Å². The van der Waals surface area contributed by atoms with Gasteiger partial charge in [-0.1, -0.05) is 5.16 Å². The molecule has 124 valence electrons. The first-order valence-corrected chi connectivity index (χ1v) is 8.99. The van der Waals surface area contributed by atoms with Crippen molar-refractivity contribution in [2.45, 2.75) is 29.4 Å². The topological polar surface area (TPSA) is 115 Å². The molecule has 0 spiro atoms. The fourth-order valence-electron chi connectivity index (χ4n) is 1.90. The molecule has 0 aliphatic rings. The molecule has 2 rings (SSSR count). The van der Waals surface area contributed by atoms with Gasteiger partial charge in [0.15, 0.2) is 0 Å². The highest BCUT2D eigenvalue weighted by molar-refractivity contribution is 7.98. The van der Waals surface area contributed by atoms with E-state index in [4.69, 9.17) is 4.52 Å². The number of hydrogen-bond acceptors (Lipinski definition) is 7. The van der Waals surface area contributed by atoms with E-state index >= 15 is 0 Å². The predicted molar refractivity (Wildman–Crippen MR) is 84.9 cm³/mol. The molecule has 1 aromatic heterocycles. The van der Waals surface area contributed by atoms with Crippen LogP contribution in [-0.2, 0) is 15.8 Å². The number of aromatic nitrogens is 1. The van der Waals surface area contributed by atoms with Gasteiger partial charge in [0.2, 0.25) is 10.0 Å². The van der Waals surface area contributed by atoms with E-state index in [1.54, 1.807) is 13.8 Å². The molecule has 1 N–H and O–H groups in total. The van der Waals surface area contributed by atoms with Crippen molar-refractivity contribution in [3.63, 3.8) is 0 Å². The molecule has 0 aliphatic carbocycles. The second-order valence-electron chi connectivity index (χ2n) is 4.69. The molecule has 0 atom stereocenters. The van der Waals surface area contributed by atoms with Crippen molar-refractivity contribution in [1.82, 2.24) is 9.88 Å². The number of nitro groups is 1. The van der Waals surface area contributed by atoms with E-state index in [-0.39, 0.29) is 10.6 Å². The minimum absolute atomic E-state index is 0.145. The smallest absolute Gasteiger partial charge is 0.284 e. The molecule has 1 heterocycles. The molecule has 0 radical (unpaired) electrons. The molecule has 0 saturated carbocycles. The van der Waals surface area contributed by atoms with Crippen LogP contribution in [0.3, 0.4) is 0 Å². The maximum Gasteiger partial charge on any atom is 0.284 e. The van der Waals surface area contributed by atoms with Gasteiger partial charge < -0.3 is 4.52 Å². The lowest BCUT2D eigenvalue weighted by Gasteiger charge is -2.06. The summed E-state index contributed by atoms with van der Waals surface area (Å²) in [6.45, 7) is 3.57. The normalized spacial score (nSPS) is 11.6. The van der Waals surface area contributed by atoms with Gasteiger partial charge in [0, 0.05) is 17.4 Å². The number of benzene rings is 1. The van der Waals surface area contributed by atoms with Gasteiger partial charge in [-0.05, 0) is 33.0 Å². The Hall–Kier alpha value is -1.91. The van der Waals surface area contributed by atoms with Crippen molar-refractivity contribution in [2.75, 3.05) is 7.05 Å². The Balaban J connectivity index is 2.34. The van der Waals surface area contributed by atoms with E-state index in [1.165, 1.54) is 30.9 Å². The van der Waals surface area contributed by atoms with Crippen LogP contribution in [0.4, 0.5) is 5.69 Å². The summed E-state index contributed by atoms with van der Waals surface area (Å²) in [5.41, 5.74) is 1.35. The van der Waals surface area contributed by atoms with Gasteiger partial charge >= 0.3 is 0 Å². The van der Waals surface area contributed by atoms with Gasteiger partial charge in [0.1, 0.15) is 5.76 Å². The summed E-state index contributed by atoms with van der Waals surface area (Å²) in [5, 5.41) is 15.1. The maximum absolute atomic E-state index is 11.8. The highest BCUT2D eigenvalue weighted by Gasteiger charge is 2.21. The largest absolute Gasteiger partial charge is 0.361 e. The molecular weight excluding hydrogens is 342 g/mol. The lowest BCUT2D eigenvalue weighted by atomic mass is 10.2. The van der Waals surface area contributed by atoms with Gasteiger partial charge in [0.25, 0.3) is 5.69 Å². The summed E-state index contributed by atoms with van der Waals surface area (Å²) in [7, 11) is -2.48. The second-order valence-corrected chi connectivity index (χ2v) is 7.59. The lowest BCUT2D eigenvalue weighted by molar-refractivity contribution is -0.388. The van der Waals surface area contributed by atoms with Crippen LogP contribution in [0.25, 0.3) is 0 Å². The van der Waals surface area contributed by atoms with Crippen LogP contribution in [0, 0.1) is 24.0 Å². The lowest BCUT2D eigenvalue weighted by Crippen LogP contribution is -2.18. The number of nitrogens with one attached hydrogen (secondary N) is 1. The average Bonchev–Trinajstić information content (AvgIpc) is 2.83. The highest BCUT2D eigenvalue weighted by Crippen LogP contribution is 2.34. The summed E-state index contributed by atoms with van der Waals surface area (Å²) in [6, 6.07) is 3.83. The molecule has 10 heteroatoms. The van der Waals surface area contributed by atoms with E-state index in [9.17, 15) is 18.5 Å². The third-order valence-corrected chi connectivity index (χ3v) is 5.76. The predicted octanol–water partition coefficient (Wildman–Crippen LogP) is 2.40. The summed E-state index contributed by atoms with van der Waals surface area (Å²) < 4.78 is 30.7. The fourth-order valence-corrected chi connectivity index (χ4v) is 3.81. The van der Waals surface area contributed by atoms with E-state index in [0.29, 0.717) is 16.4 Å². The number of thioether (sulfide) groups is 1. The van der Waals surface area contributed by atoms with Crippen LogP contribution in [0.15, 0.2) is 32.5 Å². The van der Waals surface area contributed by atoms with Crippen molar-refractivity contribution >= 4 is 27.5 Å². The summed E-state index contributed by atoms with van der Waals surface area (Å²) in [5.74, 6) is 1.10. The Bertz CT molecular complexity index is 826. The van der Waals surface area contributed by atoms with Crippen LogP contribution >= 0.6 is 11.8 Å². The van der Waals surface area contributed by atoms with Gasteiger partial charge in [0.05, 0.1) is 20.4 Å². The quantitative estimate of drug-likeness (QED) is 0.479. The Morgan fingerprint density at radius 1 is 1.39 bits per heavy atom. The monoisotopic (exact) mass is 357 g/mol. The summed E-state index contributed by atoms with van der Waals surface area (Å²) in [4.78, 5) is 10.9. The fraction of sp³-hybridized carbons (Fsp3) is 0.308. The van der Waals surface area contributed by atoms with E-state index in [0.717, 1.165) is 17.3 Å². The van der Waals surface area contributed by atoms with Crippen LogP contribution in [0.5, 0.6) is 0 Å². The van der Waals surface area contributed by atoms with Crippen LogP contribution < -0.4 is 4.72 Å². The molecule has 2 aromatic rings. The average molecular weight is 357 g/mol. The van der Waals surface area contributed by atoms with Gasteiger partial charge in [-0.25, -0.2) is 13.1 Å². The minimum atomic E-state index is -3.73. The van der Waals surface area contributed by atoms with Crippen LogP contribution in [0.1, 0.15) is 17.0 Å². The Morgan fingerprint density at radius 2 is 2.09 bits per heavy atom. The van der Waals surface area contributed by atoms with E-state index in [1.807, 2.05) is 0 Å². The molecule has 0 unspecified atom stereocenters. The zero-order chi connectivity index (χ0) is 17.2. The third kappa shape index (κ3) is 3.71. The SMILES string of the molecule is CNS(=O)(=O)c1ccc(SCc2c(C)noc2C)c([N+](=O)[O-])c1. The molecule has 0 amide bonds. The maximum atomic E-state index is 11.8. The first-order chi connectivity index (χ1) is 10.8. The van der Waals surface area contributed by atoms with Gasteiger partial charge in [-0.2, -0.15) is 0 Å². The molecule has 23 heavy (non-hydrogen) atoms. The molecular formula is C13H15N3O5S2. The summed E-state index contributed by atoms with van der Waals surface area (Å²) in [6.07, 6.45) is 0. The molecule has 1 aromatic carbocycles. The molecule has 8 nitrogen and oxygen atoms in total. The van der Waals surface area contributed by atoms with Crippen LogP contribution in [-0.4, -0.2) is 25.5 Å². The number of hydrogen-bond donors (Lipinski definition) is 1. The Kier molecular flexibility index (Phi) is 5.07. The molecule has 0 aliphatic heterocycles. The Labute approximate surface area is 137 Å². The standard InChI is InChI=1S/C13H15N3O5S2/c1-8-11(9(2)21-15-8)7-22-13-5-4-10(23(19,20)14-3)6-12(13)16(17)18/h4-6,14H,7H2,1-3H3. The third-order valence-electron chi connectivity index (χ3n) is 3.26. The van der Waals surface area contributed by atoms with Crippen molar-refractivity contribution in [1.29, 1.82) is 0 Å². The second kappa shape index (κ2) is 6.69.